The number of hydrogen-bond acceptors (Lipinski definition) is 2. The van der Waals surface area contributed by atoms with Gasteiger partial charge in [-0.3, -0.25) is 5.14 Å². The van der Waals surface area contributed by atoms with Crippen molar-refractivity contribution in [2.45, 2.75) is 4.90 Å². The maximum absolute atomic E-state index is 5.68. The summed E-state index contributed by atoms with van der Waals surface area (Å²) in [6, 6.07) is 19.0. The molecular formula is C14H11NS. The molecule has 3 aromatic rings. The molecule has 2 heteroatoms. The van der Waals surface area contributed by atoms with Gasteiger partial charge < -0.3 is 0 Å². The Balaban J connectivity index is 2.46. The van der Waals surface area contributed by atoms with Crippen molar-refractivity contribution in [3.8, 4) is 0 Å². The van der Waals surface area contributed by atoms with Crippen LogP contribution in [0.3, 0.4) is 0 Å². The summed E-state index contributed by atoms with van der Waals surface area (Å²) in [5, 5.41) is 10.7. The zero-order valence-corrected chi connectivity index (χ0v) is 9.50. The molecule has 0 saturated carbocycles. The molecule has 0 bridgehead atoms. The van der Waals surface area contributed by atoms with Crippen molar-refractivity contribution in [2.75, 3.05) is 0 Å². The molecule has 2 N–H and O–H groups in total. The van der Waals surface area contributed by atoms with Crippen molar-refractivity contribution >= 4 is 33.5 Å². The van der Waals surface area contributed by atoms with Crippen molar-refractivity contribution in [3.05, 3.63) is 54.6 Å². The zero-order chi connectivity index (χ0) is 11.0. The maximum Gasteiger partial charge on any atom is 0.0304 e. The Labute approximate surface area is 98.4 Å². The van der Waals surface area contributed by atoms with Gasteiger partial charge in [0.25, 0.3) is 0 Å². The van der Waals surface area contributed by atoms with E-state index in [0.717, 1.165) is 4.90 Å². The first-order chi connectivity index (χ1) is 7.88. The summed E-state index contributed by atoms with van der Waals surface area (Å²) in [5.41, 5.74) is 0. The molecule has 0 aliphatic rings. The number of rotatable bonds is 1. The van der Waals surface area contributed by atoms with E-state index in [2.05, 4.69) is 48.5 Å². The highest BCUT2D eigenvalue weighted by molar-refractivity contribution is 7.97. The number of hydrogen-bond donors (Lipinski definition) is 1. The van der Waals surface area contributed by atoms with E-state index in [4.69, 9.17) is 5.14 Å². The molecule has 0 aliphatic heterocycles. The third-order valence-electron chi connectivity index (χ3n) is 2.83. The first-order valence-corrected chi connectivity index (χ1v) is 6.05. The van der Waals surface area contributed by atoms with Crippen molar-refractivity contribution in [1.29, 1.82) is 0 Å². The Morgan fingerprint density at radius 3 is 2.19 bits per heavy atom. The van der Waals surface area contributed by atoms with Crippen LogP contribution in [0.2, 0.25) is 0 Å². The van der Waals surface area contributed by atoms with Crippen LogP contribution in [0, 0.1) is 0 Å². The molecule has 0 spiro atoms. The van der Waals surface area contributed by atoms with Gasteiger partial charge in [-0.05, 0) is 51.7 Å². The van der Waals surface area contributed by atoms with Gasteiger partial charge in [-0.2, -0.15) is 0 Å². The van der Waals surface area contributed by atoms with Crippen LogP contribution in [0.25, 0.3) is 21.5 Å². The van der Waals surface area contributed by atoms with Crippen LogP contribution in [0.4, 0.5) is 0 Å². The largest absolute Gasteiger partial charge is 0.274 e. The fraction of sp³-hybridized carbons (Fsp3) is 0. The molecule has 0 fully saturated rings. The Kier molecular flexibility index (Phi) is 2.31. The van der Waals surface area contributed by atoms with Crippen LogP contribution in [0.5, 0.6) is 0 Å². The van der Waals surface area contributed by atoms with Gasteiger partial charge in [0, 0.05) is 4.90 Å². The SMILES string of the molecule is NSc1cccc2cc3ccccc3cc12. The Bertz CT molecular complexity index is 661. The van der Waals surface area contributed by atoms with Crippen LogP contribution in [-0.4, -0.2) is 0 Å². The number of nitrogens with two attached hydrogens (primary N) is 1. The monoisotopic (exact) mass is 225 g/mol. The van der Waals surface area contributed by atoms with Crippen molar-refractivity contribution in [1.82, 2.24) is 0 Å². The highest BCUT2D eigenvalue weighted by Crippen LogP contribution is 2.28. The lowest BCUT2D eigenvalue weighted by Gasteiger charge is -2.05. The molecule has 0 atom stereocenters. The van der Waals surface area contributed by atoms with E-state index in [1.54, 1.807) is 0 Å². The molecule has 3 rings (SSSR count). The molecule has 1 nitrogen and oxygen atoms in total. The second-order valence-corrected chi connectivity index (χ2v) is 4.47. The number of fused-ring (bicyclic) bond motifs is 2. The molecule has 78 valence electrons. The van der Waals surface area contributed by atoms with Gasteiger partial charge >= 0.3 is 0 Å². The summed E-state index contributed by atoms with van der Waals surface area (Å²) in [5.74, 6) is 0. The standard InChI is InChI=1S/C14H11NS/c15-16-14-7-3-6-12-8-10-4-1-2-5-11(10)9-13(12)14/h1-9H,15H2. The summed E-state index contributed by atoms with van der Waals surface area (Å²) in [6.07, 6.45) is 0. The minimum atomic E-state index is 1.13. The average molecular weight is 225 g/mol. The number of benzene rings is 3. The molecule has 0 heterocycles. The zero-order valence-electron chi connectivity index (χ0n) is 8.68. The second-order valence-electron chi connectivity index (χ2n) is 3.79. The molecule has 0 unspecified atom stereocenters. The van der Waals surface area contributed by atoms with Gasteiger partial charge in [-0.25, -0.2) is 0 Å². The summed E-state index contributed by atoms with van der Waals surface area (Å²) in [7, 11) is 0. The third-order valence-corrected chi connectivity index (χ3v) is 3.44. The van der Waals surface area contributed by atoms with E-state index in [1.807, 2.05) is 6.07 Å². The van der Waals surface area contributed by atoms with Crippen molar-refractivity contribution in [3.63, 3.8) is 0 Å². The predicted molar refractivity (Wildman–Crippen MR) is 71.5 cm³/mol. The van der Waals surface area contributed by atoms with Gasteiger partial charge in [0.2, 0.25) is 0 Å². The van der Waals surface area contributed by atoms with Gasteiger partial charge in [0.15, 0.2) is 0 Å². The van der Waals surface area contributed by atoms with Crippen LogP contribution in [0.1, 0.15) is 0 Å². The highest BCUT2D eigenvalue weighted by Gasteiger charge is 2.01. The average Bonchev–Trinajstić information content (AvgIpc) is 2.35. The molecule has 0 radical (unpaired) electrons. The molecule has 0 saturated heterocycles. The first-order valence-electron chi connectivity index (χ1n) is 5.17. The van der Waals surface area contributed by atoms with E-state index in [9.17, 15) is 0 Å². The van der Waals surface area contributed by atoms with Crippen molar-refractivity contribution in [2.24, 2.45) is 5.14 Å². The smallest absolute Gasteiger partial charge is 0.0304 e. The Hall–Kier alpha value is -1.51. The normalized spacial score (nSPS) is 11.1. The van der Waals surface area contributed by atoms with E-state index >= 15 is 0 Å². The lowest BCUT2D eigenvalue weighted by atomic mass is 10.0. The van der Waals surface area contributed by atoms with Gasteiger partial charge in [0.1, 0.15) is 0 Å². The quantitative estimate of drug-likeness (QED) is 0.501. The molecule has 0 amide bonds. The predicted octanol–water partition coefficient (Wildman–Crippen LogP) is 3.96. The van der Waals surface area contributed by atoms with Gasteiger partial charge in [-0.1, -0.05) is 36.4 Å². The Morgan fingerprint density at radius 2 is 1.44 bits per heavy atom. The summed E-state index contributed by atoms with van der Waals surface area (Å²) < 4.78 is 0. The minimum absolute atomic E-state index is 1.13. The van der Waals surface area contributed by atoms with Gasteiger partial charge in [0.05, 0.1) is 0 Å². The van der Waals surface area contributed by atoms with Gasteiger partial charge in [-0.15, -0.1) is 0 Å². The molecule has 0 aromatic heterocycles. The summed E-state index contributed by atoms with van der Waals surface area (Å²) in [6.45, 7) is 0. The maximum atomic E-state index is 5.68. The first kappa shape index (κ1) is 9.70. The molecule has 16 heavy (non-hydrogen) atoms. The van der Waals surface area contributed by atoms with Crippen LogP contribution >= 0.6 is 11.9 Å². The minimum Gasteiger partial charge on any atom is -0.274 e. The lowest BCUT2D eigenvalue weighted by Crippen LogP contribution is -1.83. The van der Waals surface area contributed by atoms with Crippen LogP contribution in [-0.2, 0) is 0 Å². The highest BCUT2D eigenvalue weighted by atomic mass is 32.2. The topological polar surface area (TPSA) is 26.0 Å². The summed E-state index contributed by atoms with van der Waals surface area (Å²) in [4.78, 5) is 1.13. The molecule has 3 aromatic carbocycles. The van der Waals surface area contributed by atoms with E-state index in [-0.39, 0.29) is 0 Å². The van der Waals surface area contributed by atoms with E-state index in [0.29, 0.717) is 0 Å². The second kappa shape index (κ2) is 3.81. The third kappa shape index (κ3) is 1.47. The fourth-order valence-corrected chi connectivity index (χ4v) is 2.50. The van der Waals surface area contributed by atoms with Crippen molar-refractivity contribution < 1.29 is 0 Å². The fourth-order valence-electron chi connectivity index (χ4n) is 2.04. The lowest BCUT2D eigenvalue weighted by molar-refractivity contribution is 1.55. The van der Waals surface area contributed by atoms with Crippen LogP contribution in [0.15, 0.2) is 59.5 Å². The Morgan fingerprint density at radius 1 is 0.750 bits per heavy atom. The van der Waals surface area contributed by atoms with E-state index < -0.39 is 0 Å². The molecule has 0 aliphatic carbocycles. The van der Waals surface area contributed by atoms with E-state index in [1.165, 1.54) is 33.5 Å². The molecular weight excluding hydrogens is 214 g/mol. The van der Waals surface area contributed by atoms with Crippen LogP contribution < -0.4 is 5.14 Å². The summed E-state index contributed by atoms with van der Waals surface area (Å²) >= 11 is 1.31.